The van der Waals surface area contributed by atoms with E-state index in [4.69, 9.17) is 4.11 Å². The van der Waals surface area contributed by atoms with Crippen LogP contribution in [0.4, 0.5) is 0 Å². The minimum Gasteiger partial charge on any atom is -0.194 e. The fourth-order valence-corrected chi connectivity index (χ4v) is 3.11. The molecule has 0 saturated carbocycles. The van der Waals surface area contributed by atoms with Gasteiger partial charge in [-0.15, -0.1) is 0 Å². The van der Waals surface area contributed by atoms with Crippen molar-refractivity contribution in [3.05, 3.63) is 78.0 Å². The Morgan fingerprint density at radius 3 is 2.71 bits per heavy atom. The maximum absolute atomic E-state index is 7.58. The van der Waals surface area contributed by atoms with Crippen LogP contribution in [0.25, 0.3) is 22.4 Å². The molecule has 0 N–H and O–H groups in total. The van der Waals surface area contributed by atoms with Crippen LogP contribution in [0.1, 0.15) is 22.1 Å². The van der Waals surface area contributed by atoms with Crippen molar-refractivity contribution >= 4 is 0 Å². The van der Waals surface area contributed by atoms with Gasteiger partial charge in [-0.25, -0.2) is 0 Å². The summed E-state index contributed by atoms with van der Waals surface area (Å²) in [6, 6.07) is 20.5. The molecule has 0 aliphatic carbocycles. The molecule has 1 heteroatoms. The van der Waals surface area contributed by atoms with Gasteiger partial charge in [0, 0.05) is 21.8 Å². The number of aromatic nitrogens is 1. The van der Waals surface area contributed by atoms with E-state index < -0.39 is 6.85 Å². The van der Waals surface area contributed by atoms with Crippen LogP contribution in [0.2, 0.25) is 0 Å². The molecule has 2 heterocycles. The molecule has 1 aromatic heterocycles. The van der Waals surface area contributed by atoms with Crippen LogP contribution in [0.15, 0.2) is 66.9 Å². The summed E-state index contributed by atoms with van der Waals surface area (Å²) in [4.78, 5) is 0. The second kappa shape index (κ2) is 4.85. The number of nitrogens with zero attached hydrogens (tertiary/aromatic N) is 1. The van der Waals surface area contributed by atoms with Gasteiger partial charge >= 0.3 is 0 Å². The van der Waals surface area contributed by atoms with Crippen molar-refractivity contribution in [2.45, 2.75) is 19.8 Å². The molecule has 4 rings (SSSR count). The third-order valence-electron chi connectivity index (χ3n) is 4.19. The normalized spacial score (nSPS) is 14.8. The first-order valence-corrected chi connectivity index (χ1v) is 7.21. The summed E-state index contributed by atoms with van der Waals surface area (Å²) in [5.41, 5.74) is 6.71. The van der Waals surface area contributed by atoms with E-state index in [0.717, 1.165) is 23.2 Å². The molecule has 1 aliphatic rings. The molecular weight excluding hydrogens is 254 g/mol. The van der Waals surface area contributed by atoms with E-state index in [-0.39, 0.29) is 6.42 Å². The molecule has 2 aromatic carbocycles. The number of aryl methyl sites for hydroxylation is 1. The number of hydrogen-bond acceptors (Lipinski definition) is 0. The SMILES string of the molecule is [2H]C([2H])([2H])Cc1ccccc1-c1cc[n+]2c(c1)-c1ccccc1C2. The zero-order chi connectivity index (χ0) is 16.7. The van der Waals surface area contributed by atoms with Crippen LogP contribution >= 0.6 is 0 Å². The maximum atomic E-state index is 7.58. The Kier molecular flexibility index (Phi) is 2.20. The number of fused-ring (bicyclic) bond motifs is 3. The summed E-state index contributed by atoms with van der Waals surface area (Å²) in [6.45, 7) is -1.07. The third kappa shape index (κ3) is 1.97. The molecule has 0 fully saturated rings. The number of benzene rings is 2. The standard InChI is InChI=1S/C20H18N/c1-2-15-7-3-5-9-18(15)16-11-12-21-14-17-8-4-6-10-19(17)20(21)13-16/h3-13H,2,14H2,1H3/q+1/i1D3. The predicted molar refractivity (Wildman–Crippen MR) is 86.0 cm³/mol. The van der Waals surface area contributed by atoms with E-state index in [1.165, 1.54) is 16.8 Å². The molecule has 1 aliphatic heterocycles. The first-order valence-electron chi connectivity index (χ1n) is 8.71. The summed E-state index contributed by atoms with van der Waals surface area (Å²) in [6.07, 6.45) is 2.18. The molecule has 0 bridgehead atoms. The Balaban J connectivity index is 1.81. The van der Waals surface area contributed by atoms with Gasteiger partial charge in [-0.2, -0.15) is 4.57 Å². The number of hydrogen-bond donors (Lipinski definition) is 0. The third-order valence-corrected chi connectivity index (χ3v) is 4.19. The number of pyridine rings is 1. The Labute approximate surface area is 129 Å². The highest BCUT2D eigenvalue weighted by Gasteiger charge is 2.25. The molecular formula is C20H18N+. The van der Waals surface area contributed by atoms with Crippen LogP contribution in [0.5, 0.6) is 0 Å². The van der Waals surface area contributed by atoms with Gasteiger partial charge in [-0.05, 0) is 29.2 Å². The minimum absolute atomic E-state index is 0.0873. The van der Waals surface area contributed by atoms with Crippen molar-refractivity contribution in [1.82, 2.24) is 0 Å². The predicted octanol–water partition coefficient (Wildman–Crippen LogP) is 4.23. The highest BCUT2D eigenvalue weighted by molar-refractivity contribution is 5.73. The van der Waals surface area contributed by atoms with Gasteiger partial charge in [-0.1, -0.05) is 49.3 Å². The fraction of sp³-hybridized carbons (Fsp3) is 0.150. The Hall–Kier alpha value is -2.41. The highest BCUT2D eigenvalue weighted by Crippen LogP contribution is 2.31. The lowest BCUT2D eigenvalue weighted by Crippen LogP contribution is -2.31. The lowest BCUT2D eigenvalue weighted by Gasteiger charge is -2.07. The van der Waals surface area contributed by atoms with Crippen LogP contribution in [0, 0.1) is 0 Å². The van der Waals surface area contributed by atoms with Gasteiger partial charge in [-0.3, -0.25) is 0 Å². The van der Waals surface area contributed by atoms with Crippen molar-refractivity contribution in [2.24, 2.45) is 0 Å². The number of rotatable bonds is 2. The van der Waals surface area contributed by atoms with E-state index in [9.17, 15) is 0 Å². The molecule has 0 amide bonds. The van der Waals surface area contributed by atoms with Crippen LogP contribution < -0.4 is 4.57 Å². The van der Waals surface area contributed by atoms with Gasteiger partial charge < -0.3 is 0 Å². The molecule has 21 heavy (non-hydrogen) atoms. The van der Waals surface area contributed by atoms with Crippen LogP contribution in [-0.4, -0.2) is 0 Å². The van der Waals surface area contributed by atoms with E-state index in [1.807, 2.05) is 24.3 Å². The van der Waals surface area contributed by atoms with Crippen molar-refractivity contribution in [2.75, 3.05) is 0 Å². The Bertz CT molecular complexity index is 913. The van der Waals surface area contributed by atoms with Crippen molar-refractivity contribution < 1.29 is 8.68 Å². The summed E-state index contributed by atoms with van der Waals surface area (Å²) in [5, 5.41) is 0. The Morgan fingerprint density at radius 1 is 1.00 bits per heavy atom. The monoisotopic (exact) mass is 275 g/mol. The molecule has 102 valence electrons. The largest absolute Gasteiger partial charge is 0.213 e. The Morgan fingerprint density at radius 2 is 1.81 bits per heavy atom. The second-order valence-electron chi connectivity index (χ2n) is 5.42. The van der Waals surface area contributed by atoms with E-state index >= 15 is 0 Å². The highest BCUT2D eigenvalue weighted by atomic mass is 15.0. The minimum atomic E-state index is -1.96. The zero-order valence-electron chi connectivity index (χ0n) is 14.7. The molecule has 3 aromatic rings. The van der Waals surface area contributed by atoms with Gasteiger partial charge in [0.1, 0.15) is 0 Å². The smallest absolute Gasteiger partial charge is 0.194 e. The quantitative estimate of drug-likeness (QED) is 0.482. The van der Waals surface area contributed by atoms with Crippen molar-refractivity contribution in [3.63, 3.8) is 0 Å². The van der Waals surface area contributed by atoms with Gasteiger partial charge in [0.15, 0.2) is 12.7 Å². The molecule has 0 radical (unpaired) electrons. The maximum Gasteiger partial charge on any atom is 0.213 e. The fourth-order valence-electron chi connectivity index (χ4n) is 3.11. The molecule has 0 spiro atoms. The lowest BCUT2D eigenvalue weighted by molar-refractivity contribution is -0.672. The van der Waals surface area contributed by atoms with E-state index in [0.29, 0.717) is 0 Å². The lowest BCUT2D eigenvalue weighted by atomic mass is 9.97. The second-order valence-corrected chi connectivity index (χ2v) is 5.42. The van der Waals surface area contributed by atoms with Crippen molar-refractivity contribution in [3.8, 4) is 22.4 Å². The first kappa shape index (κ1) is 9.51. The van der Waals surface area contributed by atoms with Gasteiger partial charge in [0.2, 0.25) is 5.69 Å². The summed E-state index contributed by atoms with van der Waals surface area (Å²) in [5.74, 6) is 0. The molecule has 0 saturated heterocycles. The van der Waals surface area contributed by atoms with Gasteiger partial charge in [0.25, 0.3) is 0 Å². The zero-order valence-corrected chi connectivity index (χ0v) is 11.7. The summed E-state index contributed by atoms with van der Waals surface area (Å²) in [7, 11) is 0. The first-order chi connectivity index (χ1) is 11.5. The van der Waals surface area contributed by atoms with E-state index in [1.54, 1.807) is 0 Å². The van der Waals surface area contributed by atoms with Gasteiger partial charge in [0.05, 0.1) is 5.56 Å². The summed E-state index contributed by atoms with van der Waals surface area (Å²) >= 11 is 0. The topological polar surface area (TPSA) is 3.88 Å². The summed E-state index contributed by atoms with van der Waals surface area (Å²) < 4.78 is 25.0. The van der Waals surface area contributed by atoms with E-state index in [2.05, 4.69) is 47.2 Å². The molecule has 1 nitrogen and oxygen atoms in total. The van der Waals surface area contributed by atoms with Crippen molar-refractivity contribution in [1.29, 1.82) is 0 Å². The van der Waals surface area contributed by atoms with Crippen LogP contribution in [-0.2, 0) is 13.0 Å². The average molecular weight is 275 g/mol. The van der Waals surface area contributed by atoms with Crippen LogP contribution in [0.3, 0.4) is 0 Å². The molecule has 0 unspecified atom stereocenters. The molecule has 0 atom stereocenters. The average Bonchev–Trinajstić information content (AvgIpc) is 2.92.